The maximum Gasteiger partial charge on any atom is 0.494 e. The van der Waals surface area contributed by atoms with Crippen molar-refractivity contribution >= 4 is 23.4 Å². The van der Waals surface area contributed by atoms with Crippen LogP contribution in [0.1, 0.15) is 40.5 Å². The summed E-state index contributed by atoms with van der Waals surface area (Å²) in [5, 5.41) is 0.828. The predicted molar refractivity (Wildman–Crippen MR) is 97.2 cm³/mol. The number of rotatable bonds is 2. The molecule has 0 amide bonds. The largest absolute Gasteiger partial charge is 0.494 e. The normalized spacial score (nSPS) is 23.0. The van der Waals surface area contributed by atoms with Crippen molar-refractivity contribution in [2.24, 2.45) is 0 Å². The lowest BCUT2D eigenvalue weighted by Gasteiger charge is -2.32. The van der Waals surface area contributed by atoms with E-state index in [2.05, 4.69) is 0 Å². The van der Waals surface area contributed by atoms with Gasteiger partial charge in [0.25, 0.3) is 5.56 Å². The Morgan fingerprint density at radius 3 is 2.15 bits per heavy atom. The molecular formula is C19H21BF3NO3. The fraction of sp³-hybridized carbons (Fsp3) is 0.526. The van der Waals surface area contributed by atoms with Crippen molar-refractivity contribution in [2.45, 2.75) is 63.5 Å². The second-order valence-electron chi connectivity index (χ2n) is 8.46. The van der Waals surface area contributed by atoms with Crippen LogP contribution in [0.3, 0.4) is 0 Å². The lowest BCUT2D eigenvalue weighted by Crippen LogP contribution is -2.41. The van der Waals surface area contributed by atoms with E-state index in [1.807, 2.05) is 27.7 Å². The molecule has 27 heavy (non-hydrogen) atoms. The number of pyridine rings is 1. The molecule has 0 unspecified atom stereocenters. The zero-order valence-corrected chi connectivity index (χ0v) is 15.7. The number of aromatic nitrogens is 1. The Hall–Kier alpha value is -1.80. The zero-order valence-electron chi connectivity index (χ0n) is 15.7. The maximum atomic E-state index is 13.5. The molecule has 4 rings (SSSR count). The molecule has 2 aromatic rings. The second-order valence-corrected chi connectivity index (χ2v) is 8.46. The van der Waals surface area contributed by atoms with Gasteiger partial charge in [-0.25, -0.2) is 0 Å². The average molecular weight is 379 g/mol. The van der Waals surface area contributed by atoms with Crippen molar-refractivity contribution in [3.63, 3.8) is 0 Å². The maximum absolute atomic E-state index is 13.5. The molecule has 1 aromatic heterocycles. The van der Waals surface area contributed by atoms with Gasteiger partial charge in [0.2, 0.25) is 0 Å². The van der Waals surface area contributed by atoms with E-state index < -0.39 is 35.6 Å². The third-order valence-electron chi connectivity index (χ3n) is 6.17. The Bertz CT molecular complexity index is 960. The average Bonchev–Trinajstić information content (AvgIpc) is 3.31. The molecule has 144 valence electrons. The predicted octanol–water partition coefficient (Wildman–Crippen LogP) is 3.35. The van der Waals surface area contributed by atoms with Gasteiger partial charge in [0.15, 0.2) is 0 Å². The van der Waals surface area contributed by atoms with E-state index in [1.54, 1.807) is 24.3 Å². The molecule has 4 nitrogen and oxygen atoms in total. The fourth-order valence-corrected chi connectivity index (χ4v) is 3.50. The van der Waals surface area contributed by atoms with E-state index in [1.165, 1.54) is 6.20 Å². The molecule has 1 aromatic carbocycles. The van der Waals surface area contributed by atoms with Crippen molar-refractivity contribution in [3.05, 3.63) is 40.8 Å². The number of fused-ring (bicyclic) bond motifs is 1. The van der Waals surface area contributed by atoms with Gasteiger partial charge in [-0.3, -0.25) is 9.36 Å². The number of nitrogens with zero attached hydrogens (tertiary/aromatic N) is 1. The second kappa shape index (κ2) is 5.38. The Morgan fingerprint density at radius 1 is 1.04 bits per heavy atom. The van der Waals surface area contributed by atoms with Gasteiger partial charge in [0.05, 0.1) is 11.2 Å². The first-order valence-electron chi connectivity index (χ1n) is 8.96. The van der Waals surface area contributed by atoms with Gasteiger partial charge in [-0.2, -0.15) is 13.2 Å². The summed E-state index contributed by atoms with van der Waals surface area (Å²) in [5.74, 6) is 0. The molecule has 2 fully saturated rings. The van der Waals surface area contributed by atoms with Crippen LogP contribution in [0.5, 0.6) is 0 Å². The van der Waals surface area contributed by atoms with E-state index in [0.717, 1.165) is 4.57 Å². The van der Waals surface area contributed by atoms with Gasteiger partial charge in [-0.05, 0) is 63.5 Å². The highest BCUT2D eigenvalue weighted by Gasteiger charge is 2.65. The minimum absolute atomic E-state index is 0.0706. The van der Waals surface area contributed by atoms with Crippen LogP contribution < -0.4 is 11.0 Å². The van der Waals surface area contributed by atoms with Crippen molar-refractivity contribution in [1.82, 2.24) is 4.57 Å². The van der Waals surface area contributed by atoms with E-state index in [-0.39, 0.29) is 18.2 Å². The van der Waals surface area contributed by atoms with Crippen LogP contribution in [-0.2, 0) is 14.8 Å². The van der Waals surface area contributed by atoms with Crippen LogP contribution in [-0.4, -0.2) is 29.1 Å². The summed E-state index contributed by atoms with van der Waals surface area (Å²) in [4.78, 5) is 12.9. The molecular weight excluding hydrogens is 358 g/mol. The Labute approximate surface area is 155 Å². The number of hydrogen-bond acceptors (Lipinski definition) is 3. The smallest absolute Gasteiger partial charge is 0.399 e. The summed E-state index contributed by atoms with van der Waals surface area (Å²) in [6.07, 6.45) is -3.34. The molecule has 0 N–H and O–H groups in total. The van der Waals surface area contributed by atoms with Crippen molar-refractivity contribution in [3.8, 4) is 0 Å². The lowest BCUT2D eigenvalue weighted by atomic mass is 9.78. The van der Waals surface area contributed by atoms with E-state index in [9.17, 15) is 18.0 Å². The zero-order chi connectivity index (χ0) is 19.8. The standard InChI is InChI=1S/C19H21BF3NO3/c1-16(2)17(3,4)27-20(26-16)13-6-5-12-7-10-24(15(25)14(12)11-13)18(8-9-18)19(21,22)23/h5-7,10-11H,8-9H2,1-4H3. The van der Waals surface area contributed by atoms with Crippen LogP contribution in [0, 0.1) is 0 Å². The molecule has 2 heterocycles. The van der Waals surface area contributed by atoms with E-state index in [4.69, 9.17) is 9.31 Å². The summed E-state index contributed by atoms with van der Waals surface area (Å²) in [6.45, 7) is 7.67. The Morgan fingerprint density at radius 2 is 1.63 bits per heavy atom. The summed E-state index contributed by atoms with van der Waals surface area (Å²) >= 11 is 0. The quantitative estimate of drug-likeness (QED) is 0.752. The van der Waals surface area contributed by atoms with Gasteiger partial charge in [-0.15, -0.1) is 0 Å². The highest BCUT2D eigenvalue weighted by atomic mass is 19.4. The number of hydrogen-bond donors (Lipinski definition) is 0. The number of alkyl halides is 3. The van der Waals surface area contributed by atoms with Gasteiger partial charge < -0.3 is 9.31 Å². The highest BCUT2D eigenvalue weighted by molar-refractivity contribution is 6.62. The third-order valence-corrected chi connectivity index (χ3v) is 6.17. The van der Waals surface area contributed by atoms with Gasteiger partial charge in [0.1, 0.15) is 5.54 Å². The van der Waals surface area contributed by atoms with E-state index in [0.29, 0.717) is 10.8 Å². The van der Waals surface area contributed by atoms with Crippen molar-refractivity contribution < 1.29 is 22.5 Å². The first-order valence-corrected chi connectivity index (χ1v) is 8.96. The highest BCUT2D eigenvalue weighted by Crippen LogP contribution is 2.54. The summed E-state index contributed by atoms with van der Waals surface area (Å²) in [6, 6.07) is 6.64. The molecule has 0 spiro atoms. The first-order chi connectivity index (χ1) is 12.4. The molecule has 1 saturated heterocycles. The fourth-order valence-electron chi connectivity index (χ4n) is 3.50. The Balaban J connectivity index is 1.80. The van der Waals surface area contributed by atoms with Crippen LogP contribution in [0.25, 0.3) is 10.8 Å². The van der Waals surface area contributed by atoms with Gasteiger partial charge in [-0.1, -0.05) is 12.1 Å². The van der Waals surface area contributed by atoms with Gasteiger partial charge >= 0.3 is 13.3 Å². The molecule has 1 aliphatic carbocycles. The Kier molecular flexibility index (Phi) is 3.70. The molecule has 0 radical (unpaired) electrons. The van der Waals surface area contributed by atoms with Crippen molar-refractivity contribution in [1.29, 1.82) is 0 Å². The van der Waals surface area contributed by atoms with Gasteiger partial charge in [0, 0.05) is 11.6 Å². The summed E-state index contributed by atoms with van der Waals surface area (Å²) in [7, 11) is -0.676. The molecule has 0 bridgehead atoms. The molecule has 0 atom stereocenters. The van der Waals surface area contributed by atoms with E-state index >= 15 is 0 Å². The van der Waals surface area contributed by atoms with Crippen LogP contribution in [0.2, 0.25) is 0 Å². The van der Waals surface area contributed by atoms with Crippen LogP contribution >= 0.6 is 0 Å². The number of benzene rings is 1. The number of halogens is 3. The lowest BCUT2D eigenvalue weighted by molar-refractivity contribution is -0.180. The molecule has 8 heteroatoms. The molecule has 1 aliphatic heterocycles. The van der Waals surface area contributed by atoms with Crippen LogP contribution in [0.4, 0.5) is 13.2 Å². The summed E-state index contributed by atoms with van der Waals surface area (Å²) < 4.78 is 53.2. The topological polar surface area (TPSA) is 40.5 Å². The SMILES string of the molecule is CC1(C)OB(c2ccc3ccn(C4(C(F)(F)F)CC4)c(=O)c3c2)OC1(C)C. The minimum atomic E-state index is -4.45. The monoisotopic (exact) mass is 379 g/mol. The summed E-state index contributed by atoms with van der Waals surface area (Å²) in [5.41, 5.74) is -3.18. The molecule has 2 aliphatic rings. The molecule has 1 saturated carbocycles. The van der Waals surface area contributed by atoms with Crippen molar-refractivity contribution in [2.75, 3.05) is 0 Å². The minimum Gasteiger partial charge on any atom is -0.399 e. The first kappa shape index (κ1) is 18.6. The third kappa shape index (κ3) is 2.64. The van der Waals surface area contributed by atoms with Crippen LogP contribution in [0.15, 0.2) is 35.3 Å².